The Balaban J connectivity index is 1.79. The Morgan fingerprint density at radius 2 is 1.95 bits per heavy atom. The van der Waals surface area contributed by atoms with Gasteiger partial charge in [0.25, 0.3) is 5.95 Å². The summed E-state index contributed by atoms with van der Waals surface area (Å²) in [6.45, 7) is 4.24. The molecule has 1 saturated carbocycles. The summed E-state index contributed by atoms with van der Waals surface area (Å²) in [6, 6.07) is 0.143. The second kappa shape index (κ2) is 5.12. The van der Waals surface area contributed by atoms with Gasteiger partial charge in [-0.15, -0.1) is 0 Å². The molecule has 1 aromatic heterocycles. The summed E-state index contributed by atoms with van der Waals surface area (Å²) in [4.78, 5) is 6.90. The third kappa shape index (κ3) is 2.36. The summed E-state index contributed by atoms with van der Waals surface area (Å²) in [5.74, 6) is 1.49. The van der Waals surface area contributed by atoms with E-state index in [1.165, 1.54) is 25.7 Å². The highest BCUT2D eigenvalue weighted by molar-refractivity contribution is 5.29. The van der Waals surface area contributed by atoms with E-state index >= 15 is 0 Å². The van der Waals surface area contributed by atoms with Gasteiger partial charge < -0.3 is 15.2 Å². The van der Waals surface area contributed by atoms with Gasteiger partial charge in [0.15, 0.2) is 0 Å². The zero-order chi connectivity index (χ0) is 13.3. The van der Waals surface area contributed by atoms with E-state index in [-0.39, 0.29) is 11.5 Å². The number of anilines is 1. The highest BCUT2D eigenvalue weighted by atomic mass is 16.5. The SMILES string of the molecule is CC1(c2nc(N3CCCCCC3)no2)CCCC1N. The summed E-state index contributed by atoms with van der Waals surface area (Å²) in [7, 11) is 0. The second-order valence-electron chi connectivity index (χ2n) is 6.22. The van der Waals surface area contributed by atoms with Crippen molar-refractivity contribution in [2.24, 2.45) is 5.73 Å². The van der Waals surface area contributed by atoms with E-state index < -0.39 is 0 Å². The number of rotatable bonds is 2. The fourth-order valence-corrected chi connectivity index (χ4v) is 3.31. The molecule has 2 aliphatic rings. The molecular formula is C14H24N4O. The molecule has 0 aromatic carbocycles. The van der Waals surface area contributed by atoms with Crippen molar-refractivity contribution in [3.8, 4) is 0 Å². The van der Waals surface area contributed by atoms with Crippen molar-refractivity contribution in [1.29, 1.82) is 0 Å². The molecule has 106 valence electrons. The molecule has 1 saturated heterocycles. The van der Waals surface area contributed by atoms with E-state index in [2.05, 4.69) is 22.0 Å². The monoisotopic (exact) mass is 264 g/mol. The Morgan fingerprint density at radius 1 is 1.21 bits per heavy atom. The van der Waals surface area contributed by atoms with Gasteiger partial charge in [-0.05, 0) is 37.8 Å². The summed E-state index contributed by atoms with van der Waals surface area (Å²) in [5, 5.41) is 4.19. The molecular weight excluding hydrogens is 240 g/mol. The zero-order valence-corrected chi connectivity index (χ0v) is 11.8. The maximum absolute atomic E-state index is 6.22. The van der Waals surface area contributed by atoms with Crippen LogP contribution in [0.3, 0.4) is 0 Å². The molecule has 1 aromatic rings. The molecule has 5 heteroatoms. The quantitative estimate of drug-likeness (QED) is 0.887. The Bertz CT molecular complexity index is 425. The van der Waals surface area contributed by atoms with Crippen molar-refractivity contribution in [3.63, 3.8) is 0 Å². The van der Waals surface area contributed by atoms with Crippen LogP contribution in [0.4, 0.5) is 5.95 Å². The smallest absolute Gasteiger partial charge is 0.266 e. The first-order chi connectivity index (χ1) is 9.20. The first-order valence-electron chi connectivity index (χ1n) is 7.55. The van der Waals surface area contributed by atoms with Crippen LogP contribution >= 0.6 is 0 Å². The van der Waals surface area contributed by atoms with Gasteiger partial charge in [0.2, 0.25) is 5.89 Å². The van der Waals surface area contributed by atoms with Gasteiger partial charge >= 0.3 is 0 Å². The molecule has 0 radical (unpaired) electrons. The van der Waals surface area contributed by atoms with E-state index in [9.17, 15) is 0 Å². The van der Waals surface area contributed by atoms with Crippen LogP contribution in [-0.4, -0.2) is 29.3 Å². The minimum atomic E-state index is -0.128. The summed E-state index contributed by atoms with van der Waals surface area (Å²) >= 11 is 0. The molecule has 1 aliphatic heterocycles. The molecule has 2 atom stereocenters. The van der Waals surface area contributed by atoms with Crippen LogP contribution in [0.25, 0.3) is 0 Å². The summed E-state index contributed by atoms with van der Waals surface area (Å²) < 4.78 is 5.53. The maximum Gasteiger partial charge on any atom is 0.266 e. The van der Waals surface area contributed by atoms with Gasteiger partial charge in [0.05, 0.1) is 5.41 Å². The third-order valence-corrected chi connectivity index (χ3v) is 4.82. The minimum Gasteiger partial charge on any atom is -0.338 e. The van der Waals surface area contributed by atoms with E-state index in [1.807, 2.05) is 0 Å². The largest absolute Gasteiger partial charge is 0.338 e. The van der Waals surface area contributed by atoms with Crippen molar-refractivity contribution in [3.05, 3.63) is 5.89 Å². The summed E-state index contributed by atoms with van der Waals surface area (Å²) in [6.07, 6.45) is 8.32. The summed E-state index contributed by atoms with van der Waals surface area (Å²) in [5.41, 5.74) is 6.09. The van der Waals surface area contributed by atoms with Crippen molar-refractivity contribution in [1.82, 2.24) is 10.1 Å². The van der Waals surface area contributed by atoms with Crippen molar-refractivity contribution in [2.45, 2.75) is 63.3 Å². The van der Waals surface area contributed by atoms with Crippen LogP contribution in [0, 0.1) is 0 Å². The number of aromatic nitrogens is 2. The lowest BCUT2D eigenvalue weighted by Gasteiger charge is -2.24. The van der Waals surface area contributed by atoms with Gasteiger partial charge in [-0.3, -0.25) is 0 Å². The van der Waals surface area contributed by atoms with Crippen LogP contribution in [0.5, 0.6) is 0 Å². The van der Waals surface area contributed by atoms with Crippen molar-refractivity contribution in [2.75, 3.05) is 18.0 Å². The van der Waals surface area contributed by atoms with Crippen molar-refractivity contribution >= 4 is 5.95 Å². The van der Waals surface area contributed by atoms with E-state index in [0.717, 1.165) is 44.2 Å². The lowest BCUT2D eigenvalue weighted by molar-refractivity contribution is 0.277. The second-order valence-corrected chi connectivity index (χ2v) is 6.22. The average molecular weight is 264 g/mol. The van der Waals surface area contributed by atoms with Crippen LogP contribution in [0.1, 0.15) is 57.8 Å². The van der Waals surface area contributed by atoms with Crippen LogP contribution in [0.2, 0.25) is 0 Å². The van der Waals surface area contributed by atoms with Gasteiger partial charge in [-0.25, -0.2) is 0 Å². The Labute approximate surface area is 114 Å². The van der Waals surface area contributed by atoms with E-state index in [1.54, 1.807) is 0 Å². The molecule has 1 aliphatic carbocycles. The zero-order valence-electron chi connectivity index (χ0n) is 11.8. The number of nitrogens with two attached hydrogens (primary N) is 1. The topological polar surface area (TPSA) is 68.2 Å². The lowest BCUT2D eigenvalue weighted by atomic mass is 9.85. The Morgan fingerprint density at radius 3 is 2.58 bits per heavy atom. The third-order valence-electron chi connectivity index (χ3n) is 4.82. The predicted molar refractivity (Wildman–Crippen MR) is 74.2 cm³/mol. The first-order valence-corrected chi connectivity index (χ1v) is 7.55. The first kappa shape index (κ1) is 12.9. The number of hydrogen-bond acceptors (Lipinski definition) is 5. The molecule has 0 bridgehead atoms. The Hall–Kier alpha value is -1.10. The van der Waals surface area contributed by atoms with Crippen molar-refractivity contribution < 1.29 is 4.52 Å². The van der Waals surface area contributed by atoms with Gasteiger partial charge in [0.1, 0.15) is 0 Å². The Kier molecular flexibility index (Phi) is 3.48. The van der Waals surface area contributed by atoms with E-state index in [0.29, 0.717) is 0 Å². The van der Waals surface area contributed by atoms with Gasteiger partial charge in [-0.2, -0.15) is 4.98 Å². The molecule has 2 fully saturated rings. The maximum atomic E-state index is 6.22. The molecule has 2 N–H and O–H groups in total. The molecule has 5 nitrogen and oxygen atoms in total. The van der Waals surface area contributed by atoms with Gasteiger partial charge in [-0.1, -0.05) is 19.3 Å². The molecule has 19 heavy (non-hydrogen) atoms. The van der Waals surface area contributed by atoms with Gasteiger partial charge in [0, 0.05) is 19.1 Å². The number of hydrogen-bond donors (Lipinski definition) is 1. The fraction of sp³-hybridized carbons (Fsp3) is 0.857. The predicted octanol–water partition coefficient (Wildman–Crippen LogP) is 2.22. The number of nitrogens with zero attached hydrogens (tertiary/aromatic N) is 3. The highest BCUT2D eigenvalue weighted by Crippen LogP contribution is 2.39. The molecule has 0 spiro atoms. The minimum absolute atomic E-state index is 0.128. The average Bonchev–Trinajstić information content (AvgIpc) is 2.91. The molecule has 0 amide bonds. The standard InChI is InChI=1S/C14H24N4O/c1-14(8-6-7-11(14)15)12-16-13(17-19-12)18-9-4-2-3-5-10-18/h11H,2-10,15H2,1H3. The van der Waals surface area contributed by atoms with Crippen LogP contribution in [-0.2, 0) is 5.41 Å². The molecule has 2 unspecified atom stereocenters. The molecule has 2 heterocycles. The highest BCUT2D eigenvalue weighted by Gasteiger charge is 2.43. The lowest BCUT2D eigenvalue weighted by Crippen LogP contribution is -2.38. The van der Waals surface area contributed by atoms with E-state index in [4.69, 9.17) is 10.3 Å². The normalized spacial score (nSPS) is 32.5. The van der Waals surface area contributed by atoms with Crippen LogP contribution < -0.4 is 10.6 Å². The fourth-order valence-electron chi connectivity index (χ4n) is 3.31. The van der Waals surface area contributed by atoms with Crippen LogP contribution in [0.15, 0.2) is 4.52 Å². The molecule has 3 rings (SSSR count).